The summed E-state index contributed by atoms with van der Waals surface area (Å²) in [5.74, 6) is -0.659. The summed E-state index contributed by atoms with van der Waals surface area (Å²) in [6.07, 6.45) is 7.61. The first-order chi connectivity index (χ1) is 14.5. The van der Waals surface area contributed by atoms with Crippen molar-refractivity contribution in [3.8, 4) is 11.3 Å². The van der Waals surface area contributed by atoms with Gasteiger partial charge < -0.3 is 4.74 Å². The van der Waals surface area contributed by atoms with Crippen LogP contribution in [0.4, 0.5) is 0 Å². The van der Waals surface area contributed by atoms with Crippen LogP contribution in [0.1, 0.15) is 33.8 Å². The molecule has 0 saturated carbocycles. The minimum Gasteiger partial charge on any atom is -0.465 e. The number of aromatic nitrogens is 3. The monoisotopic (exact) mass is 446 g/mol. The summed E-state index contributed by atoms with van der Waals surface area (Å²) in [5.41, 5.74) is 4.36. The fourth-order valence-corrected chi connectivity index (χ4v) is 6.07. The molecule has 3 aromatic rings. The number of sulfonamides is 1. The van der Waals surface area contributed by atoms with Gasteiger partial charge in [-0.25, -0.2) is 17.9 Å². The van der Waals surface area contributed by atoms with Gasteiger partial charge in [0.25, 0.3) is 0 Å². The number of nitrogens with zero attached hydrogens (tertiary/aromatic N) is 3. The number of fused-ring (bicyclic) bond motifs is 1. The molecule has 0 saturated heterocycles. The van der Waals surface area contributed by atoms with E-state index in [4.69, 9.17) is 5.10 Å². The fraction of sp³-hybridized carbons (Fsp3) is 0.350. The predicted octanol–water partition coefficient (Wildman–Crippen LogP) is 2.65. The number of carbonyl (C=O) groups excluding carboxylic acids is 1. The van der Waals surface area contributed by atoms with Crippen molar-refractivity contribution in [2.45, 2.75) is 37.1 Å². The molecule has 0 radical (unpaired) electrons. The summed E-state index contributed by atoms with van der Waals surface area (Å²) in [6.45, 7) is 0.576. The van der Waals surface area contributed by atoms with E-state index in [0.29, 0.717) is 6.54 Å². The Kier molecular flexibility index (Phi) is 5.98. The molecule has 0 aromatic carbocycles. The topological polar surface area (TPSA) is 103 Å². The van der Waals surface area contributed by atoms with E-state index in [9.17, 15) is 13.2 Å². The molecule has 0 fully saturated rings. The van der Waals surface area contributed by atoms with Crippen molar-refractivity contribution in [3.05, 3.63) is 52.1 Å². The number of ether oxygens (including phenoxy) is 1. The lowest BCUT2D eigenvalue weighted by atomic mass is 9.94. The maximum absolute atomic E-state index is 12.7. The zero-order chi connectivity index (χ0) is 21.1. The van der Waals surface area contributed by atoms with Gasteiger partial charge in [0.2, 0.25) is 10.0 Å². The molecule has 4 rings (SSSR count). The van der Waals surface area contributed by atoms with Crippen molar-refractivity contribution in [1.82, 2.24) is 19.5 Å². The minimum absolute atomic E-state index is 0.0562. The summed E-state index contributed by atoms with van der Waals surface area (Å²) in [4.78, 5) is 15.9. The van der Waals surface area contributed by atoms with Gasteiger partial charge in [-0.15, -0.1) is 11.3 Å². The van der Waals surface area contributed by atoms with E-state index < -0.39 is 16.0 Å². The molecule has 3 aromatic heterocycles. The van der Waals surface area contributed by atoms with Crippen molar-refractivity contribution >= 4 is 27.3 Å². The maximum Gasteiger partial charge on any atom is 0.349 e. The number of carbonyl (C=O) groups is 1. The number of hydrogen-bond donors (Lipinski definition) is 1. The van der Waals surface area contributed by atoms with Gasteiger partial charge in [0.15, 0.2) is 0 Å². The third kappa shape index (κ3) is 4.03. The number of nitrogens with one attached hydrogen (secondary N) is 1. The smallest absolute Gasteiger partial charge is 0.349 e. The molecule has 1 N–H and O–H groups in total. The molecule has 1 aliphatic carbocycles. The molecule has 1 aliphatic rings. The van der Waals surface area contributed by atoms with E-state index >= 15 is 0 Å². The molecule has 0 bridgehead atoms. The predicted molar refractivity (Wildman–Crippen MR) is 113 cm³/mol. The molecule has 0 atom stereocenters. The van der Waals surface area contributed by atoms with Crippen molar-refractivity contribution < 1.29 is 17.9 Å². The molecule has 0 unspecified atom stereocenters. The number of thiophene rings is 1. The average molecular weight is 447 g/mol. The summed E-state index contributed by atoms with van der Waals surface area (Å²) in [7, 11) is -2.60. The Morgan fingerprint density at radius 2 is 2.00 bits per heavy atom. The quantitative estimate of drug-likeness (QED) is 0.560. The van der Waals surface area contributed by atoms with Gasteiger partial charge in [-0.05, 0) is 49.3 Å². The van der Waals surface area contributed by atoms with Gasteiger partial charge in [-0.3, -0.25) is 9.67 Å². The van der Waals surface area contributed by atoms with Crippen LogP contribution in [0.15, 0.2) is 40.9 Å². The van der Waals surface area contributed by atoms with E-state index in [-0.39, 0.29) is 16.3 Å². The first-order valence-corrected chi connectivity index (χ1v) is 12.0. The van der Waals surface area contributed by atoms with Gasteiger partial charge in [-0.2, -0.15) is 5.10 Å². The molecule has 3 heterocycles. The van der Waals surface area contributed by atoms with Crippen LogP contribution in [0.2, 0.25) is 0 Å². The molecule has 30 heavy (non-hydrogen) atoms. The van der Waals surface area contributed by atoms with Crippen molar-refractivity contribution in [2.24, 2.45) is 0 Å². The Bertz CT molecular complexity index is 1150. The Balaban J connectivity index is 1.53. The van der Waals surface area contributed by atoms with E-state index in [1.54, 1.807) is 17.8 Å². The normalized spacial score (nSPS) is 13.8. The second-order valence-corrected chi connectivity index (χ2v) is 9.59. The first kappa shape index (κ1) is 20.7. The fourth-order valence-electron chi connectivity index (χ4n) is 3.71. The van der Waals surface area contributed by atoms with E-state index in [1.165, 1.54) is 18.7 Å². The Morgan fingerprint density at radius 1 is 1.23 bits per heavy atom. The highest BCUT2D eigenvalue weighted by atomic mass is 32.2. The zero-order valence-corrected chi connectivity index (χ0v) is 18.1. The summed E-state index contributed by atoms with van der Waals surface area (Å²) in [6, 6.07) is 5.29. The molecular formula is C20H22N4O4S2. The molecule has 8 nitrogen and oxygen atoms in total. The van der Waals surface area contributed by atoms with Crippen molar-refractivity contribution in [2.75, 3.05) is 13.7 Å². The van der Waals surface area contributed by atoms with E-state index in [0.717, 1.165) is 54.0 Å². The number of esters is 1. The standard InChI is InChI=1S/C20H22N4O4S2/c1-28-20(25)19-17(8-13-29-19)30(26,27)22-11-12-24-16-5-3-2-4-15(16)18(23-24)14-6-9-21-10-7-14/h6-10,13,22H,2-5,11-12H2,1H3. The van der Waals surface area contributed by atoms with Crippen LogP contribution >= 0.6 is 11.3 Å². The van der Waals surface area contributed by atoms with Gasteiger partial charge in [0.1, 0.15) is 9.77 Å². The molecule has 0 spiro atoms. The second-order valence-electron chi connectivity index (χ2n) is 6.94. The SMILES string of the molecule is COC(=O)c1sccc1S(=O)(=O)NCCn1nc(-c2ccncc2)c2c1CCCC2. The molecule has 0 aliphatic heterocycles. The lowest BCUT2D eigenvalue weighted by Crippen LogP contribution is -2.29. The Morgan fingerprint density at radius 3 is 2.77 bits per heavy atom. The van der Waals surface area contributed by atoms with Gasteiger partial charge in [-0.1, -0.05) is 0 Å². The zero-order valence-electron chi connectivity index (χ0n) is 16.5. The number of hydrogen-bond acceptors (Lipinski definition) is 7. The van der Waals surface area contributed by atoms with Crippen molar-refractivity contribution in [1.29, 1.82) is 0 Å². The number of rotatable bonds is 7. The van der Waals surface area contributed by atoms with Gasteiger partial charge in [0.05, 0.1) is 19.3 Å². The van der Waals surface area contributed by atoms with Gasteiger partial charge in [0, 0.05) is 35.8 Å². The highest BCUT2D eigenvalue weighted by Crippen LogP contribution is 2.31. The minimum atomic E-state index is -3.83. The molecular weight excluding hydrogens is 424 g/mol. The second kappa shape index (κ2) is 8.66. The van der Waals surface area contributed by atoms with Gasteiger partial charge >= 0.3 is 5.97 Å². The molecule has 10 heteroatoms. The number of pyridine rings is 1. The highest BCUT2D eigenvalue weighted by Gasteiger charge is 2.25. The lowest BCUT2D eigenvalue weighted by molar-refractivity contribution is 0.0602. The van der Waals surface area contributed by atoms with Crippen LogP contribution in [0.25, 0.3) is 11.3 Å². The Labute approximate surface area is 179 Å². The van der Waals surface area contributed by atoms with Crippen LogP contribution in [0.5, 0.6) is 0 Å². The van der Waals surface area contributed by atoms with Crippen LogP contribution in [-0.4, -0.2) is 42.8 Å². The molecule has 158 valence electrons. The highest BCUT2D eigenvalue weighted by molar-refractivity contribution is 7.89. The summed E-state index contributed by atoms with van der Waals surface area (Å²) in [5, 5.41) is 6.35. The third-order valence-electron chi connectivity index (χ3n) is 5.12. The van der Waals surface area contributed by atoms with Crippen LogP contribution in [0, 0.1) is 0 Å². The van der Waals surface area contributed by atoms with Crippen LogP contribution < -0.4 is 4.72 Å². The number of methoxy groups -OCH3 is 1. The van der Waals surface area contributed by atoms with Crippen molar-refractivity contribution in [3.63, 3.8) is 0 Å². The Hall–Kier alpha value is -2.56. The average Bonchev–Trinajstić information content (AvgIpc) is 3.40. The lowest BCUT2D eigenvalue weighted by Gasteiger charge is -2.14. The first-order valence-electron chi connectivity index (χ1n) is 9.65. The molecule has 0 amide bonds. The van der Waals surface area contributed by atoms with Crippen LogP contribution in [-0.2, 0) is 34.1 Å². The third-order valence-corrected chi connectivity index (χ3v) is 7.64. The van der Waals surface area contributed by atoms with E-state index in [2.05, 4.69) is 14.4 Å². The largest absolute Gasteiger partial charge is 0.465 e. The van der Waals surface area contributed by atoms with Crippen LogP contribution in [0.3, 0.4) is 0 Å². The summed E-state index contributed by atoms with van der Waals surface area (Å²) >= 11 is 1.04. The summed E-state index contributed by atoms with van der Waals surface area (Å²) < 4.78 is 34.5. The maximum atomic E-state index is 12.7. The van der Waals surface area contributed by atoms with E-state index in [1.807, 2.05) is 16.8 Å².